The first kappa shape index (κ1) is 55.9. The van der Waals surface area contributed by atoms with Crippen molar-refractivity contribution >= 4 is 77.9 Å². The van der Waals surface area contributed by atoms with Crippen LogP contribution in [0, 0.1) is 0 Å². The van der Waals surface area contributed by atoms with E-state index in [1.807, 2.05) is 0 Å². The fourth-order valence-electron chi connectivity index (χ4n) is 17.3. The zero-order valence-electron chi connectivity index (χ0n) is 54.2. The predicted molar refractivity (Wildman–Crippen MR) is 408 cm³/mol. The highest BCUT2D eigenvalue weighted by molar-refractivity contribution is 6.22. The summed E-state index contributed by atoms with van der Waals surface area (Å²) >= 11 is 0. The second kappa shape index (κ2) is 21.5. The molecule has 1 aliphatic heterocycles. The van der Waals surface area contributed by atoms with Crippen molar-refractivity contribution in [3.63, 3.8) is 0 Å². The minimum absolute atomic E-state index is 0.520. The molecule has 0 amide bonds. The van der Waals surface area contributed by atoms with Crippen molar-refractivity contribution in [2.24, 2.45) is 0 Å². The number of anilines is 6. The molecule has 3 aliphatic rings. The first-order valence-corrected chi connectivity index (χ1v) is 34.1. The standard InChI is InChI=1S/C94H63N3O/c1-93(2)76-36-18-15-33-74(76)86-83(95(68-50-42-64(43-51-68)60-24-7-3-8-25-60)69-52-44-65(45-53-69)61-26-9-4-10-27-61)58-79-88(90(86)93)89-80(94(79)77-37-19-21-40-82(77)97-81-39-20-16-32-72(81)73-35-23-38-78(94)91(73)97)59-84(87-75-34-17-22-41-85(75)98-92(87)89)96(70-54-46-66(47-55-70)62-28-11-5-12-29-62)71-56-48-67(49-57-71)63-30-13-6-14-31-63/h3-59H,1-2H3. The van der Waals surface area contributed by atoms with Crippen LogP contribution in [0.5, 0.6) is 0 Å². The quantitative estimate of drug-likeness (QED) is 0.136. The van der Waals surface area contributed by atoms with Crippen LogP contribution in [-0.2, 0) is 10.8 Å². The van der Waals surface area contributed by atoms with E-state index in [0.29, 0.717) is 0 Å². The van der Waals surface area contributed by atoms with Gasteiger partial charge in [0.05, 0.1) is 38.9 Å². The van der Waals surface area contributed by atoms with E-state index in [-0.39, 0.29) is 0 Å². The molecule has 4 nitrogen and oxygen atoms in total. The van der Waals surface area contributed by atoms with Gasteiger partial charge in [-0.2, -0.15) is 0 Å². The molecule has 0 fully saturated rings. The molecule has 1 unspecified atom stereocenters. The first-order valence-electron chi connectivity index (χ1n) is 34.1. The second-order valence-corrected chi connectivity index (χ2v) is 27.0. The van der Waals surface area contributed by atoms with Crippen LogP contribution in [0.2, 0.25) is 0 Å². The van der Waals surface area contributed by atoms with Gasteiger partial charge in [-0.1, -0.05) is 281 Å². The van der Waals surface area contributed by atoms with Gasteiger partial charge in [-0.3, -0.25) is 0 Å². The largest absolute Gasteiger partial charge is 0.455 e. The SMILES string of the molecule is CC1(C)c2ccccc2-c2c(N(c3ccc(-c4ccccc4)cc3)c3ccc(-c4ccccc4)cc3)cc3c(c21)-c1c(cc(N(c2ccc(-c4ccccc4)cc2)c2ccc(-c4ccccc4)cc2)c2c1oc1ccccc12)C31c2ccccc2-n2c3ccccc3c3cccc1c32. The Morgan fingerprint density at radius 1 is 0.306 bits per heavy atom. The van der Waals surface area contributed by atoms with Gasteiger partial charge < -0.3 is 18.8 Å². The summed E-state index contributed by atoms with van der Waals surface area (Å²) in [6, 6.07) is 128. The summed E-state index contributed by atoms with van der Waals surface area (Å²) in [7, 11) is 0. The number of aromatic nitrogens is 1. The predicted octanol–water partition coefficient (Wildman–Crippen LogP) is 25.3. The van der Waals surface area contributed by atoms with Crippen molar-refractivity contribution in [1.29, 1.82) is 0 Å². The molecule has 17 aromatic rings. The molecular weight excluding hydrogens is 1190 g/mol. The number of fused-ring (bicyclic) bond motifs is 20. The molecule has 0 saturated carbocycles. The number of hydrogen-bond acceptors (Lipinski definition) is 3. The maximum Gasteiger partial charge on any atom is 0.145 e. The van der Waals surface area contributed by atoms with E-state index in [1.54, 1.807) is 0 Å². The van der Waals surface area contributed by atoms with Gasteiger partial charge in [-0.15, -0.1) is 0 Å². The molecule has 1 atom stereocenters. The Bertz CT molecular complexity index is 5870. The van der Waals surface area contributed by atoms with E-state index in [9.17, 15) is 0 Å². The Labute approximate surface area is 569 Å². The highest BCUT2D eigenvalue weighted by Gasteiger charge is 2.56. The number of benzene rings is 15. The third-order valence-electron chi connectivity index (χ3n) is 21.5. The van der Waals surface area contributed by atoms with Gasteiger partial charge in [0.1, 0.15) is 11.2 Å². The van der Waals surface area contributed by atoms with Gasteiger partial charge in [0.25, 0.3) is 0 Å². The molecule has 2 aromatic heterocycles. The third kappa shape index (κ3) is 8.06. The van der Waals surface area contributed by atoms with E-state index in [1.165, 1.54) is 94.1 Å². The Morgan fingerprint density at radius 2 is 0.714 bits per heavy atom. The van der Waals surface area contributed by atoms with Crippen molar-refractivity contribution in [2.45, 2.75) is 24.7 Å². The van der Waals surface area contributed by atoms with Crippen molar-refractivity contribution in [3.05, 3.63) is 379 Å². The summed E-state index contributed by atoms with van der Waals surface area (Å²) in [5, 5.41) is 4.56. The maximum absolute atomic E-state index is 7.86. The van der Waals surface area contributed by atoms with E-state index >= 15 is 0 Å². The Hall–Kier alpha value is -12.5. The van der Waals surface area contributed by atoms with Crippen molar-refractivity contribution in [2.75, 3.05) is 9.80 Å². The van der Waals surface area contributed by atoms with E-state index < -0.39 is 10.8 Å². The third-order valence-corrected chi connectivity index (χ3v) is 21.5. The number of para-hydroxylation sites is 4. The Morgan fingerprint density at radius 3 is 1.27 bits per heavy atom. The van der Waals surface area contributed by atoms with Crippen LogP contribution in [0.25, 0.3) is 116 Å². The number of furan rings is 1. The molecule has 4 heteroatoms. The minimum atomic E-state index is -0.957. The van der Waals surface area contributed by atoms with Crippen molar-refractivity contribution in [3.8, 4) is 72.4 Å². The molecule has 3 heterocycles. The highest BCUT2D eigenvalue weighted by atomic mass is 16.3. The van der Waals surface area contributed by atoms with Crippen LogP contribution in [0.3, 0.4) is 0 Å². The lowest BCUT2D eigenvalue weighted by molar-refractivity contribution is 0.659. The molecule has 0 saturated heterocycles. The van der Waals surface area contributed by atoms with Gasteiger partial charge in [-0.25, -0.2) is 0 Å². The van der Waals surface area contributed by atoms with Gasteiger partial charge in [-0.05, 0) is 168 Å². The molecule has 98 heavy (non-hydrogen) atoms. The summed E-state index contributed by atoms with van der Waals surface area (Å²) in [4.78, 5) is 5.07. The van der Waals surface area contributed by atoms with E-state index in [4.69, 9.17) is 4.42 Å². The van der Waals surface area contributed by atoms with Crippen molar-refractivity contribution in [1.82, 2.24) is 4.57 Å². The molecule has 1 spiro atoms. The Balaban J connectivity index is 0.952. The Kier molecular flexibility index (Phi) is 12.3. The summed E-state index contributed by atoms with van der Waals surface area (Å²) in [6.07, 6.45) is 0. The average Bonchev–Trinajstić information content (AvgIpc) is 1.47. The van der Waals surface area contributed by atoms with Gasteiger partial charge in [0, 0.05) is 55.5 Å². The molecular formula is C94H63N3O. The van der Waals surface area contributed by atoms with E-state index in [2.05, 4.69) is 374 Å². The molecule has 2 aliphatic carbocycles. The topological polar surface area (TPSA) is 24.6 Å². The van der Waals surface area contributed by atoms with Crippen LogP contribution in [-0.4, -0.2) is 4.57 Å². The monoisotopic (exact) mass is 1250 g/mol. The summed E-state index contributed by atoms with van der Waals surface area (Å²) < 4.78 is 10.4. The van der Waals surface area contributed by atoms with Gasteiger partial charge >= 0.3 is 0 Å². The highest BCUT2D eigenvalue weighted by Crippen LogP contribution is 2.69. The maximum atomic E-state index is 7.86. The van der Waals surface area contributed by atoms with Crippen LogP contribution >= 0.6 is 0 Å². The normalized spacial score (nSPS) is 14.3. The molecule has 20 rings (SSSR count). The number of nitrogens with zero attached hydrogens (tertiary/aromatic N) is 3. The van der Waals surface area contributed by atoms with Crippen LogP contribution in [0.1, 0.15) is 47.2 Å². The molecule has 460 valence electrons. The fourth-order valence-corrected chi connectivity index (χ4v) is 17.3. The average molecular weight is 1250 g/mol. The van der Waals surface area contributed by atoms with E-state index in [0.717, 1.165) is 89.6 Å². The lowest BCUT2D eigenvalue weighted by atomic mass is 9.64. The smallest absolute Gasteiger partial charge is 0.145 e. The summed E-state index contributed by atoms with van der Waals surface area (Å²) in [6.45, 7) is 4.94. The zero-order chi connectivity index (χ0) is 64.8. The first-order chi connectivity index (χ1) is 48.4. The van der Waals surface area contributed by atoms with Crippen molar-refractivity contribution < 1.29 is 4.42 Å². The van der Waals surface area contributed by atoms with Gasteiger partial charge in [0.15, 0.2) is 0 Å². The fraction of sp³-hybridized carbons (Fsp3) is 0.0426. The molecule has 15 aromatic carbocycles. The lowest BCUT2D eigenvalue weighted by Crippen LogP contribution is -2.34. The molecule has 0 N–H and O–H groups in total. The molecule has 0 radical (unpaired) electrons. The van der Waals surface area contributed by atoms with Crippen LogP contribution in [0.4, 0.5) is 34.1 Å². The van der Waals surface area contributed by atoms with Crippen LogP contribution in [0.15, 0.2) is 350 Å². The lowest BCUT2D eigenvalue weighted by Gasteiger charge is -2.41. The number of hydrogen-bond donors (Lipinski definition) is 0. The van der Waals surface area contributed by atoms with Gasteiger partial charge in [0.2, 0.25) is 0 Å². The van der Waals surface area contributed by atoms with Crippen LogP contribution < -0.4 is 9.80 Å². The minimum Gasteiger partial charge on any atom is -0.455 e. The zero-order valence-corrected chi connectivity index (χ0v) is 54.2. The second-order valence-electron chi connectivity index (χ2n) is 27.0. The summed E-state index contributed by atoms with van der Waals surface area (Å²) in [5.74, 6) is 0. The summed E-state index contributed by atoms with van der Waals surface area (Å²) in [5.41, 5.74) is 31.6. The molecule has 0 bridgehead atoms. The number of rotatable bonds is 10.